The molecule has 1 aromatic rings. The van der Waals surface area contributed by atoms with Gasteiger partial charge in [-0.15, -0.1) is 0 Å². The molecule has 2 unspecified atom stereocenters. The highest BCUT2D eigenvalue weighted by Crippen LogP contribution is 2.24. The lowest BCUT2D eigenvalue weighted by atomic mass is 9.95. The molecular formula is C13H19ClN2O2S. The lowest BCUT2D eigenvalue weighted by Crippen LogP contribution is -2.38. The van der Waals surface area contributed by atoms with Gasteiger partial charge in [-0.25, -0.2) is 8.42 Å². The molecule has 0 aliphatic carbocycles. The third-order valence-corrected chi connectivity index (χ3v) is 5.62. The van der Waals surface area contributed by atoms with E-state index in [2.05, 4.69) is 5.43 Å². The molecule has 0 saturated carbocycles. The van der Waals surface area contributed by atoms with Gasteiger partial charge in [-0.05, 0) is 42.9 Å². The van der Waals surface area contributed by atoms with E-state index in [-0.39, 0.29) is 12.0 Å². The molecule has 2 atom stereocenters. The molecule has 2 rings (SSSR count). The van der Waals surface area contributed by atoms with Gasteiger partial charge in [0.25, 0.3) is 0 Å². The highest BCUT2D eigenvalue weighted by atomic mass is 35.5. The Morgan fingerprint density at radius 1 is 1.47 bits per heavy atom. The Morgan fingerprint density at radius 3 is 2.84 bits per heavy atom. The standard InChI is InChI=1S/C13H19ClN2O2S/c14-12-3-1-2-10(6-12)7-13(16-15)8-11-4-5-19(17,18)9-11/h1-3,6,11,13,16H,4-5,7-9,15H2. The number of rotatable bonds is 5. The van der Waals surface area contributed by atoms with E-state index in [9.17, 15) is 8.42 Å². The van der Waals surface area contributed by atoms with Crippen molar-refractivity contribution in [1.29, 1.82) is 0 Å². The maximum absolute atomic E-state index is 11.4. The summed E-state index contributed by atoms with van der Waals surface area (Å²) in [6, 6.07) is 7.74. The van der Waals surface area contributed by atoms with Crippen molar-refractivity contribution in [3.8, 4) is 0 Å². The van der Waals surface area contributed by atoms with Crippen LogP contribution in [-0.2, 0) is 16.3 Å². The van der Waals surface area contributed by atoms with E-state index in [1.807, 2.05) is 24.3 Å². The van der Waals surface area contributed by atoms with Crippen molar-refractivity contribution in [3.63, 3.8) is 0 Å². The predicted molar refractivity (Wildman–Crippen MR) is 77.6 cm³/mol. The Hall–Kier alpha value is -0.620. The lowest BCUT2D eigenvalue weighted by molar-refractivity contribution is 0.408. The van der Waals surface area contributed by atoms with Gasteiger partial charge in [-0.2, -0.15) is 0 Å². The zero-order valence-corrected chi connectivity index (χ0v) is 12.3. The molecule has 0 aromatic heterocycles. The van der Waals surface area contributed by atoms with Crippen LogP contribution >= 0.6 is 11.6 Å². The van der Waals surface area contributed by atoms with E-state index < -0.39 is 9.84 Å². The van der Waals surface area contributed by atoms with Crippen LogP contribution < -0.4 is 11.3 Å². The van der Waals surface area contributed by atoms with Crippen molar-refractivity contribution in [1.82, 2.24) is 5.43 Å². The molecule has 6 heteroatoms. The third kappa shape index (κ3) is 4.45. The minimum atomic E-state index is -2.82. The van der Waals surface area contributed by atoms with E-state index in [0.29, 0.717) is 16.5 Å². The number of halogens is 1. The fourth-order valence-corrected chi connectivity index (χ4v) is 4.71. The highest BCUT2D eigenvalue weighted by Gasteiger charge is 2.29. The van der Waals surface area contributed by atoms with Crippen molar-refractivity contribution < 1.29 is 8.42 Å². The summed E-state index contributed by atoms with van der Waals surface area (Å²) >= 11 is 5.95. The molecule has 3 N–H and O–H groups in total. The fraction of sp³-hybridized carbons (Fsp3) is 0.538. The molecule has 1 fully saturated rings. The molecule has 1 saturated heterocycles. The molecule has 1 heterocycles. The fourth-order valence-electron chi connectivity index (χ4n) is 2.62. The number of nitrogens with one attached hydrogen (secondary N) is 1. The smallest absolute Gasteiger partial charge is 0.150 e. The molecule has 0 amide bonds. The Morgan fingerprint density at radius 2 is 2.26 bits per heavy atom. The minimum Gasteiger partial charge on any atom is -0.271 e. The van der Waals surface area contributed by atoms with Gasteiger partial charge in [-0.3, -0.25) is 11.3 Å². The van der Waals surface area contributed by atoms with Gasteiger partial charge in [0.1, 0.15) is 0 Å². The van der Waals surface area contributed by atoms with Crippen molar-refractivity contribution in [2.75, 3.05) is 11.5 Å². The first-order chi connectivity index (χ1) is 8.98. The zero-order chi connectivity index (χ0) is 13.9. The van der Waals surface area contributed by atoms with Gasteiger partial charge < -0.3 is 0 Å². The largest absolute Gasteiger partial charge is 0.271 e. The maximum Gasteiger partial charge on any atom is 0.150 e. The first-order valence-electron chi connectivity index (χ1n) is 6.39. The van der Waals surface area contributed by atoms with Gasteiger partial charge in [0, 0.05) is 11.1 Å². The van der Waals surface area contributed by atoms with Crippen molar-refractivity contribution >= 4 is 21.4 Å². The second-order valence-corrected chi connectivity index (χ2v) is 7.87. The Bertz CT molecular complexity index is 533. The number of hydrogen-bond donors (Lipinski definition) is 2. The Labute approximate surface area is 119 Å². The average Bonchev–Trinajstić information content (AvgIpc) is 2.68. The number of sulfone groups is 1. The van der Waals surface area contributed by atoms with Crippen LogP contribution in [0.4, 0.5) is 0 Å². The molecule has 1 aliphatic heterocycles. The van der Waals surface area contributed by atoms with Crippen molar-refractivity contribution in [3.05, 3.63) is 34.9 Å². The second-order valence-electron chi connectivity index (χ2n) is 5.20. The van der Waals surface area contributed by atoms with Crippen LogP contribution in [0.25, 0.3) is 0 Å². The number of hydrogen-bond acceptors (Lipinski definition) is 4. The SMILES string of the molecule is NNC(Cc1cccc(Cl)c1)CC1CCS(=O)(=O)C1. The molecule has 0 spiro atoms. The summed E-state index contributed by atoms with van der Waals surface area (Å²) in [5.41, 5.74) is 3.89. The summed E-state index contributed by atoms with van der Waals surface area (Å²) in [6.07, 6.45) is 2.28. The number of hydrazine groups is 1. The van der Waals surface area contributed by atoms with Crippen LogP contribution in [0.2, 0.25) is 5.02 Å². The van der Waals surface area contributed by atoms with Crippen molar-refractivity contribution in [2.45, 2.75) is 25.3 Å². The first kappa shape index (κ1) is 14.8. The lowest BCUT2D eigenvalue weighted by Gasteiger charge is -2.19. The number of nitrogens with two attached hydrogens (primary N) is 1. The van der Waals surface area contributed by atoms with Crippen LogP contribution in [-0.4, -0.2) is 26.0 Å². The first-order valence-corrected chi connectivity index (χ1v) is 8.59. The summed E-state index contributed by atoms with van der Waals surface area (Å²) in [6.45, 7) is 0. The van der Waals surface area contributed by atoms with E-state index in [1.165, 1.54) is 0 Å². The van der Waals surface area contributed by atoms with Gasteiger partial charge >= 0.3 is 0 Å². The topological polar surface area (TPSA) is 72.2 Å². The minimum absolute atomic E-state index is 0.0803. The monoisotopic (exact) mass is 302 g/mol. The Balaban J connectivity index is 1.94. The molecule has 1 aliphatic rings. The third-order valence-electron chi connectivity index (χ3n) is 3.55. The summed E-state index contributed by atoms with van der Waals surface area (Å²) in [4.78, 5) is 0. The summed E-state index contributed by atoms with van der Waals surface area (Å²) in [5.74, 6) is 6.39. The average molecular weight is 303 g/mol. The van der Waals surface area contributed by atoms with Gasteiger partial charge in [0.15, 0.2) is 9.84 Å². The van der Waals surface area contributed by atoms with Crippen LogP contribution in [0, 0.1) is 5.92 Å². The van der Waals surface area contributed by atoms with E-state index in [4.69, 9.17) is 17.4 Å². The van der Waals surface area contributed by atoms with Crippen LogP contribution in [0.5, 0.6) is 0 Å². The number of benzene rings is 1. The zero-order valence-electron chi connectivity index (χ0n) is 10.7. The van der Waals surface area contributed by atoms with Gasteiger partial charge in [-0.1, -0.05) is 23.7 Å². The van der Waals surface area contributed by atoms with E-state index in [1.54, 1.807) is 0 Å². The Kier molecular flexibility index (Phi) is 4.84. The highest BCUT2D eigenvalue weighted by molar-refractivity contribution is 7.91. The van der Waals surface area contributed by atoms with Crippen LogP contribution in [0.15, 0.2) is 24.3 Å². The van der Waals surface area contributed by atoms with Gasteiger partial charge in [0.2, 0.25) is 0 Å². The molecule has 0 radical (unpaired) electrons. The molecule has 0 bridgehead atoms. The molecule has 1 aromatic carbocycles. The van der Waals surface area contributed by atoms with Crippen LogP contribution in [0.1, 0.15) is 18.4 Å². The second kappa shape index (κ2) is 6.22. The maximum atomic E-state index is 11.4. The summed E-state index contributed by atoms with van der Waals surface area (Å²) < 4.78 is 22.9. The summed E-state index contributed by atoms with van der Waals surface area (Å²) in [5, 5.41) is 0.705. The van der Waals surface area contributed by atoms with E-state index in [0.717, 1.165) is 24.8 Å². The molecule has 4 nitrogen and oxygen atoms in total. The quantitative estimate of drug-likeness (QED) is 0.639. The molecule has 106 valence electrons. The summed E-state index contributed by atoms with van der Waals surface area (Å²) in [7, 11) is -2.82. The normalized spacial score (nSPS) is 23.4. The predicted octanol–water partition coefficient (Wildman–Crippen LogP) is 1.54. The molecule has 19 heavy (non-hydrogen) atoms. The van der Waals surface area contributed by atoms with E-state index >= 15 is 0 Å². The van der Waals surface area contributed by atoms with Gasteiger partial charge in [0.05, 0.1) is 11.5 Å². The van der Waals surface area contributed by atoms with Crippen molar-refractivity contribution in [2.24, 2.45) is 11.8 Å². The molecular weight excluding hydrogens is 284 g/mol. The van der Waals surface area contributed by atoms with Crippen LogP contribution in [0.3, 0.4) is 0 Å².